The predicted molar refractivity (Wildman–Crippen MR) is 84.1 cm³/mol. The summed E-state index contributed by atoms with van der Waals surface area (Å²) in [5.74, 6) is -0.906. The SMILES string of the molecule is C[C@@H](OC(=O)c1cccc(Br)c1)C(=O)Nc1ccccc1. The number of nitrogens with one attached hydrogen (secondary N) is 1. The molecule has 0 fully saturated rings. The average Bonchev–Trinajstić information content (AvgIpc) is 2.48. The van der Waals surface area contributed by atoms with E-state index in [1.807, 2.05) is 24.3 Å². The van der Waals surface area contributed by atoms with Gasteiger partial charge in [0, 0.05) is 10.2 Å². The van der Waals surface area contributed by atoms with Gasteiger partial charge in [0.15, 0.2) is 6.10 Å². The third kappa shape index (κ3) is 4.43. The fourth-order valence-electron chi connectivity index (χ4n) is 1.66. The van der Waals surface area contributed by atoms with Crippen LogP contribution in [0.3, 0.4) is 0 Å². The number of benzene rings is 2. The summed E-state index contributed by atoms with van der Waals surface area (Å²) in [4.78, 5) is 23.9. The van der Waals surface area contributed by atoms with E-state index in [0.717, 1.165) is 4.47 Å². The number of anilines is 1. The molecule has 1 N–H and O–H groups in total. The van der Waals surface area contributed by atoms with E-state index in [4.69, 9.17) is 4.74 Å². The number of para-hydroxylation sites is 1. The van der Waals surface area contributed by atoms with Crippen molar-refractivity contribution in [2.75, 3.05) is 5.32 Å². The van der Waals surface area contributed by atoms with Gasteiger partial charge in [-0.1, -0.05) is 40.2 Å². The van der Waals surface area contributed by atoms with E-state index in [0.29, 0.717) is 11.3 Å². The van der Waals surface area contributed by atoms with Gasteiger partial charge in [0.2, 0.25) is 0 Å². The minimum Gasteiger partial charge on any atom is -0.449 e. The van der Waals surface area contributed by atoms with Crippen molar-refractivity contribution < 1.29 is 14.3 Å². The van der Waals surface area contributed by atoms with Crippen molar-refractivity contribution in [3.63, 3.8) is 0 Å². The fraction of sp³-hybridized carbons (Fsp3) is 0.125. The van der Waals surface area contributed by atoms with Crippen molar-refractivity contribution in [3.8, 4) is 0 Å². The van der Waals surface area contributed by atoms with E-state index in [2.05, 4.69) is 21.2 Å². The van der Waals surface area contributed by atoms with Crippen LogP contribution in [-0.2, 0) is 9.53 Å². The molecule has 0 unspecified atom stereocenters. The topological polar surface area (TPSA) is 55.4 Å². The van der Waals surface area contributed by atoms with E-state index in [1.54, 1.807) is 30.3 Å². The minimum absolute atomic E-state index is 0.371. The number of carbonyl (C=O) groups is 2. The van der Waals surface area contributed by atoms with Gasteiger partial charge in [-0.25, -0.2) is 4.79 Å². The van der Waals surface area contributed by atoms with Gasteiger partial charge >= 0.3 is 5.97 Å². The summed E-state index contributed by atoms with van der Waals surface area (Å²) in [6.07, 6.45) is -0.878. The largest absolute Gasteiger partial charge is 0.449 e. The molecular formula is C16H14BrNO3. The number of carbonyl (C=O) groups excluding carboxylic acids is 2. The molecule has 2 rings (SSSR count). The average molecular weight is 348 g/mol. The predicted octanol–water partition coefficient (Wildman–Crippen LogP) is 3.63. The molecule has 0 spiro atoms. The van der Waals surface area contributed by atoms with Crippen LogP contribution in [0.15, 0.2) is 59.1 Å². The van der Waals surface area contributed by atoms with Gasteiger partial charge in [-0.3, -0.25) is 4.79 Å². The molecular weight excluding hydrogens is 334 g/mol. The van der Waals surface area contributed by atoms with Crippen molar-refractivity contribution in [2.24, 2.45) is 0 Å². The van der Waals surface area contributed by atoms with Crippen molar-refractivity contribution in [3.05, 3.63) is 64.6 Å². The highest BCUT2D eigenvalue weighted by atomic mass is 79.9. The molecule has 5 heteroatoms. The van der Waals surface area contributed by atoms with Crippen LogP contribution < -0.4 is 5.32 Å². The highest BCUT2D eigenvalue weighted by molar-refractivity contribution is 9.10. The number of esters is 1. The zero-order valence-corrected chi connectivity index (χ0v) is 13.0. The minimum atomic E-state index is -0.878. The van der Waals surface area contributed by atoms with E-state index < -0.39 is 12.1 Å². The summed E-state index contributed by atoms with van der Waals surface area (Å²) in [5.41, 5.74) is 1.05. The van der Waals surface area contributed by atoms with E-state index in [1.165, 1.54) is 6.92 Å². The van der Waals surface area contributed by atoms with Gasteiger partial charge < -0.3 is 10.1 Å². The molecule has 0 aliphatic carbocycles. The van der Waals surface area contributed by atoms with Crippen LogP contribution in [-0.4, -0.2) is 18.0 Å². The first-order chi connectivity index (χ1) is 10.1. The molecule has 0 aliphatic heterocycles. The summed E-state index contributed by atoms with van der Waals surface area (Å²) < 4.78 is 5.93. The molecule has 0 heterocycles. The number of halogens is 1. The highest BCUT2D eigenvalue weighted by Gasteiger charge is 2.19. The number of rotatable bonds is 4. The molecule has 0 saturated carbocycles. The first-order valence-corrected chi connectivity index (χ1v) is 7.18. The molecule has 0 aromatic heterocycles. The summed E-state index contributed by atoms with van der Waals surface area (Å²) in [6.45, 7) is 1.54. The highest BCUT2D eigenvalue weighted by Crippen LogP contribution is 2.13. The Morgan fingerprint density at radius 2 is 1.81 bits per heavy atom. The quantitative estimate of drug-likeness (QED) is 0.859. The molecule has 2 aromatic rings. The van der Waals surface area contributed by atoms with Gasteiger partial charge in [0.1, 0.15) is 0 Å². The van der Waals surface area contributed by atoms with Crippen LogP contribution >= 0.6 is 15.9 Å². The van der Waals surface area contributed by atoms with E-state index >= 15 is 0 Å². The maximum absolute atomic E-state index is 11.9. The maximum atomic E-state index is 11.9. The van der Waals surface area contributed by atoms with Gasteiger partial charge in [-0.2, -0.15) is 0 Å². The molecule has 108 valence electrons. The van der Waals surface area contributed by atoms with Crippen molar-refractivity contribution in [1.29, 1.82) is 0 Å². The molecule has 21 heavy (non-hydrogen) atoms. The van der Waals surface area contributed by atoms with Gasteiger partial charge in [0.05, 0.1) is 5.56 Å². The third-order valence-corrected chi connectivity index (χ3v) is 3.25. The Labute approximate surface area is 131 Å². The Kier molecular flexibility index (Phi) is 5.11. The van der Waals surface area contributed by atoms with Crippen LogP contribution in [0.4, 0.5) is 5.69 Å². The maximum Gasteiger partial charge on any atom is 0.338 e. The lowest BCUT2D eigenvalue weighted by atomic mass is 10.2. The fourth-order valence-corrected chi connectivity index (χ4v) is 2.06. The molecule has 1 amide bonds. The lowest BCUT2D eigenvalue weighted by Gasteiger charge is -2.13. The Balaban J connectivity index is 1.96. The number of ether oxygens (including phenoxy) is 1. The van der Waals surface area contributed by atoms with Crippen LogP contribution in [0.25, 0.3) is 0 Å². The summed E-state index contributed by atoms with van der Waals surface area (Å²) in [6, 6.07) is 15.8. The van der Waals surface area contributed by atoms with E-state index in [-0.39, 0.29) is 5.91 Å². The Morgan fingerprint density at radius 3 is 2.48 bits per heavy atom. The molecule has 0 bridgehead atoms. The first kappa shape index (κ1) is 15.3. The van der Waals surface area contributed by atoms with Gasteiger partial charge in [-0.05, 0) is 37.3 Å². The van der Waals surface area contributed by atoms with Crippen LogP contribution in [0.1, 0.15) is 17.3 Å². The van der Waals surface area contributed by atoms with Gasteiger partial charge in [0.25, 0.3) is 5.91 Å². The van der Waals surface area contributed by atoms with Crippen LogP contribution in [0.2, 0.25) is 0 Å². The molecule has 0 aliphatic rings. The second-order valence-electron chi connectivity index (χ2n) is 4.41. The molecule has 1 atom stereocenters. The van der Waals surface area contributed by atoms with Crippen LogP contribution in [0.5, 0.6) is 0 Å². The normalized spacial score (nSPS) is 11.5. The number of hydrogen-bond acceptors (Lipinski definition) is 3. The monoisotopic (exact) mass is 347 g/mol. The van der Waals surface area contributed by atoms with Crippen molar-refractivity contribution in [2.45, 2.75) is 13.0 Å². The molecule has 4 nitrogen and oxygen atoms in total. The van der Waals surface area contributed by atoms with Crippen molar-refractivity contribution in [1.82, 2.24) is 0 Å². The Hall–Kier alpha value is -2.14. The standard InChI is InChI=1S/C16H14BrNO3/c1-11(15(19)18-14-8-3-2-4-9-14)21-16(20)12-6-5-7-13(17)10-12/h2-11H,1H3,(H,18,19)/t11-/m1/s1. The number of hydrogen-bond donors (Lipinski definition) is 1. The zero-order chi connectivity index (χ0) is 15.2. The lowest BCUT2D eigenvalue weighted by Crippen LogP contribution is -2.29. The second-order valence-corrected chi connectivity index (χ2v) is 5.33. The molecule has 0 radical (unpaired) electrons. The first-order valence-electron chi connectivity index (χ1n) is 6.39. The summed E-state index contributed by atoms with van der Waals surface area (Å²) in [5, 5.41) is 2.68. The van der Waals surface area contributed by atoms with E-state index in [9.17, 15) is 9.59 Å². The lowest BCUT2D eigenvalue weighted by molar-refractivity contribution is -0.123. The molecule has 2 aromatic carbocycles. The van der Waals surface area contributed by atoms with Gasteiger partial charge in [-0.15, -0.1) is 0 Å². The van der Waals surface area contributed by atoms with Crippen molar-refractivity contribution >= 4 is 33.5 Å². The zero-order valence-electron chi connectivity index (χ0n) is 11.4. The summed E-state index contributed by atoms with van der Waals surface area (Å²) >= 11 is 3.28. The molecule has 0 saturated heterocycles. The second kappa shape index (κ2) is 7.04. The third-order valence-electron chi connectivity index (χ3n) is 2.75. The Bertz CT molecular complexity index is 643. The van der Waals surface area contributed by atoms with Crippen LogP contribution in [0, 0.1) is 0 Å². The number of amides is 1. The smallest absolute Gasteiger partial charge is 0.338 e. The summed E-state index contributed by atoms with van der Waals surface area (Å²) in [7, 11) is 0. The Morgan fingerprint density at radius 1 is 1.10 bits per heavy atom.